The van der Waals surface area contributed by atoms with Crippen molar-refractivity contribution in [2.24, 2.45) is 0 Å². The van der Waals surface area contributed by atoms with Crippen molar-refractivity contribution < 1.29 is 13.2 Å². The highest BCUT2D eigenvalue weighted by Gasteiger charge is 2.33. The number of aryl methyl sites for hydroxylation is 2. The van der Waals surface area contributed by atoms with Crippen LogP contribution in [0.15, 0.2) is 47.4 Å². The molecule has 1 aliphatic rings. The van der Waals surface area contributed by atoms with Gasteiger partial charge in [0, 0.05) is 29.7 Å². The van der Waals surface area contributed by atoms with Crippen LogP contribution in [0.3, 0.4) is 0 Å². The van der Waals surface area contributed by atoms with Gasteiger partial charge in [-0.05, 0) is 68.1 Å². The highest BCUT2D eigenvalue weighted by molar-refractivity contribution is 7.89. The number of nitrogens with zero attached hydrogens (tertiary/aromatic N) is 3. The van der Waals surface area contributed by atoms with Crippen LogP contribution in [0.2, 0.25) is 5.02 Å². The highest BCUT2D eigenvalue weighted by atomic mass is 35.5. The van der Waals surface area contributed by atoms with Gasteiger partial charge in [-0.2, -0.15) is 4.31 Å². The lowest BCUT2D eigenvalue weighted by Gasteiger charge is -2.30. The molecule has 0 bridgehead atoms. The molecule has 1 amide bonds. The number of amides is 1. The van der Waals surface area contributed by atoms with Gasteiger partial charge in [-0.3, -0.25) is 4.79 Å². The molecule has 1 aliphatic heterocycles. The van der Waals surface area contributed by atoms with Gasteiger partial charge in [0.2, 0.25) is 15.0 Å². The lowest BCUT2D eigenvalue weighted by atomic mass is 10.0. The van der Waals surface area contributed by atoms with Crippen molar-refractivity contribution in [3.05, 3.63) is 68.6 Å². The van der Waals surface area contributed by atoms with Gasteiger partial charge in [-0.15, -0.1) is 10.2 Å². The first-order valence-electron chi connectivity index (χ1n) is 10.2. The van der Waals surface area contributed by atoms with Crippen LogP contribution >= 0.6 is 22.9 Å². The molecule has 1 saturated heterocycles. The summed E-state index contributed by atoms with van der Waals surface area (Å²) in [6, 6.07) is 12.2. The minimum atomic E-state index is -3.60. The van der Waals surface area contributed by atoms with Crippen LogP contribution in [0.5, 0.6) is 0 Å². The summed E-state index contributed by atoms with van der Waals surface area (Å²) >= 11 is 7.16. The summed E-state index contributed by atoms with van der Waals surface area (Å²) in [6.07, 6.45) is 1.52. The van der Waals surface area contributed by atoms with Crippen molar-refractivity contribution in [1.29, 1.82) is 0 Å². The smallest absolute Gasteiger partial charge is 0.286 e. The van der Waals surface area contributed by atoms with E-state index in [4.69, 9.17) is 11.6 Å². The minimum Gasteiger partial charge on any atom is -0.320 e. The second-order valence-corrected chi connectivity index (χ2v) is 11.3. The number of halogens is 1. The van der Waals surface area contributed by atoms with Crippen molar-refractivity contribution in [2.75, 3.05) is 18.4 Å². The van der Waals surface area contributed by atoms with Gasteiger partial charge in [0.1, 0.15) is 5.01 Å². The minimum absolute atomic E-state index is 0.102. The Hall–Kier alpha value is -2.33. The molecule has 2 heterocycles. The first-order valence-corrected chi connectivity index (χ1v) is 12.8. The van der Waals surface area contributed by atoms with E-state index in [0.717, 1.165) is 24.0 Å². The summed E-state index contributed by atoms with van der Waals surface area (Å²) in [5, 5.41) is 12.4. The number of rotatable bonds is 5. The Labute approximate surface area is 196 Å². The van der Waals surface area contributed by atoms with Crippen LogP contribution in [-0.2, 0) is 10.0 Å². The van der Waals surface area contributed by atoms with E-state index in [-0.39, 0.29) is 16.8 Å². The van der Waals surface area contributed by atoms with Gasteiger partial charge in [0.25, 0.3) is 5.91 Å². The third kappa shape index (κ3) is 5.01. The van der Waals surface area contributed by atoms with Crippen molar-refractivity contribution in [1.82, 2.24) is 14.5 Å². The van der Waals surface area contributed by atoms with Gasteiger partial charge < -0.3 is 5.32 Å². The molecule has 0 unspecified atom stereocenters. The van der Waals surface area contributed by atoms with Crippen molar-refractivity contribution in [3.8, 4) is 0 Å². The van der Waals surface area contributed by atoms with Gasteiger partial charge in [0.05, 0.1) is 4.90 Å². The predicted octanol–water partition coefficient (Wildman–Crippen LogP) is 4.63. The van der Waals surface area contributed by atoms with E-state index in [2.05, 4.69) is 15.5 Å². The summed E-state index contributed by atoms with van der Waals surface area (Å²) < 4.78 is 28.0. The topological polar surface area (TPSA) is 92.3 Å². The molecule has 2 aromatic carbocycles. The molecule has 1 fully saturated rings. The molecule has 7 nitrogen and oxygen atoms in total. The second-order valence-electron chi connectivity index (χ2n) is 7.94. The lowest BCUT2D eigenvalue weighted by molar-refractivity contribution is 0.102. The zero-order valence-corrected chi connectivity index (χ0v) is 20.1. The first kappa shape index (κ1) is 22.8. The van der Waals surface area contributed by atoms with E-state index >= 15 is 0 Å². The number of carbonyl (C=O) groups is 1. The van der Waals surface area contributed by atoms with Crippen LogP contribution in [0.4, 0.5) is 5.69 Å². The number of sulfonamides is 1. The quantitative estimate of drug-likeness (QED) is 0.563. The molecule has 1 aromatic heterocycles. The third-order valence-electron chi connectivity index (χ3n) is 5.28. The molecule has 0 saturated carbocycles. The molecule has 0 radical (unpaired) electrons. The third-order valence-corrected chi connectivity index (χ3v) is 8.45. The van der Waals surface area contributed by atoms with Crippen LogP contribution in [0.1, 0.15) is 44.7 Å². The number of anilines is 1. The molecule has 0 aliphatic carbocycles. The Morgan fingerprint density at radius 3 is 2.62 bits per heavy atom. The number of nitrogens with one attached hydrogen (secondary N) is 1. The molecule has 1 atom stereocenters. The Morgan fingerprint density at radius 1 is 1.16 bits per heavy atom. The summed E-state index contributed by atoms with van der Waals surface area (Å²) in [6.45, 7) is 4.57. The number of hydrogen-bond donors (Lipinski definition) is 1. The SMILES string of the molecule is Cc1cc(C)cc(S(=O)(=O)N2CCC[C@@H](c3nnc(C(=O)Nc4cccc(Cl)c4)s3)C2)c1. The molecule has 168 valence electrons. The molecule has 32 heavy (non-hydrogen) atoms. The Morgan fingerprint density at radius 2 is 1.91 bits per heavy atom. The largest absolute Gasteiger partial charge is 0.320 e. The second kappa shape index (κ2) is 9.27. The highest BCUT2D eigenvalue weighted by Crippen LogP contribution is 2.32. The van der Waals surface area contributed by atoms with Gasteiger partial charge >= 0.3 is 0 Å². The van der Waals surface area contributed by atoms with Gasteiger partial charge in [-0.1, -0.05) is 35.1 Å². The zero-order chi connectivity index (χ0) is 22.9. The van der Waals surface area contributed by atoms with Crippen LogP contribution < -0.4 is 5.32 Å². The standard InChI is InChI=1S/C22H23ClN4O3S2/c1-14-9-15(2)11-19(10-14)32(29,30)27-8-4-5-16(13-27)21-25-26-22(31-21)20(28)24-18-7-3-6-17(23)12-18/h3,6-7,9-12,16H,4-5,8,13H2,1-2H3,(H,24,28)/t16-/m1/s1. The zero-order valence-electron chi connectivity index (χ0n) is 17.7. The van der Waals surface area contributed by atoms with Crippen LogP contribution in [-0.4, -0.2) is 41.9 Å². The Kier molecular flexibility index (Phi) is 6.62. The van der Waals surface area contributed by atoms with Gasteiger partial charge in [0.15, 0.2) is 0 Å². The van der Waals surface area contributed by atoms with E-state index in [1.54, 1.807) is 36.4 Å². The van der Waals surface area contributed by atoms with E-state index < -0.39 is 10.0 Å². The molecule has 0 spiro atoms. The monoisotopic (exact) mass is 490 g/mol. The average Bonchev–Trinajstić information content (AvgIpc) is 3.24. The van der Waals surface area contributed by atoms with Crippen molar-refractivity contribution in [3.63, 3.8) is 0 Å². The van der Waals surface area contributed by atoms with E-state index in [1.807, 2.05) is 19.9 Å². The number of piperidine rings is 1. The molecular formula is C22H23ClN4O3S2. The molecule has 10 heteroatoms. The lowest BCUT2D eigenvalue weighted by Crippen LogP contribution is -2.39. The van der Waals surface area contributed by atoms with E-state index in [0.29, 0.717) is 33.7 Å². The average molecular weight is 491 g/mol. The summed E-state index contributed by atoms with van der Waals surface area (Å²) in [7, 11) is -3.60. The first-order chi connectivity index (χ1) is 15.2. The number of hydrogen-bond acceptors (Lipinski definition) is 6. The number of benzene rings is 2. The Balaban J connectivity index is 1.49. The number of aromatic nitrogens is 2. The summed E-state index contributed by atoms with van der Waals surface area (Å²) in [5.41, 5.74) is 2.40. The fourth-order valence-electron chi connectivity index (χ4n) is 3.84. The fourth-order valence-corrected chi connectivity index (χ4v) is 6.60. The van der Waals surface area contributed by atoms with Crippen LogP contribution in [0, 0.1) is 13.8 Å². The molecular weight excluding hydrogens is 468 g/mol. The van der Waals surface area contributed by atoms with E-state index in [9.17, 15) is 13.2 Å². The maximum absolute atomic E-state index is 13.2. The summed E-state index contributed by atoms with van der Waals surface area (Å²) in [4.78, 5) is 12.9. The molecule has 1 N–H and O–H groups in total. The fraction of sp³-hybridized carbons (Fsp3) is 0.318. The molecule has 4 rings (SSSR count). The molecule has 3 aromatic rings. The van der Waals surface area contributed by atoms with Crippen LogP contribution in [0.25, 0.3) is 0 Å². The normalized spacial score (nSPS) is 17.3. The number of carbonyl (C=O) groups excluding carboxylic acids is 1. The van der Waals surface area contributed by atoms with Crippen molar-refractivity contribution in [2.45, 2.75) is 37.5 Å². The summed E-state index contributed by atoms with van der Waals surface area (Å²) in [5.74, 6) is -0.471. The van der Waals surface area contributed by atoms with Gasteiger partial charge in [-0.25, -0.2) is 8.42 Å². The Bertz CT molecular complexity index is 1240. The predicted molar refractivity (Wildman–Crippen MR) is 126 cm³/mol. The van der Waals surface area contributed by atoms with E-state index in [1.165, 1.54) is 15.6 Å². The maximum Gasteiger partial charge on any atom is 0.286 e. The maximum atomic E-state index is 13.2. The van der Waals surface area contributed by atoms with Crippen molar-refractivity contribution >= 4 is 44.6 Å².